The van der Waals surface area contributed by atoms with E-state index in [-0.39, 0.29) is 11.9 Å². The number of amides is 1. The summed E-state index contributed by atoms with van der Waals surface area (Å²) in [4.78, 5) is 12.4. The topological polar surface area (TPSA) is 42.2 Å². The number of nitrogens with one attached hydrogen (secondary N) is 1. The second-order valence-electron chi connectivity index (χ2n) is 6.02. The van der Waals surface area contributed by atoms with Gasteiger partial charge in [0.05, 0.1) is 0 Å². The van der Waals surface area contributed by atoms with Crippen molar-refractivity contribution < 1.29 is 9.21 Å². The van der Waals surface area contributed by atoms with Crippen LogP contribution < -0.4 is 5.32 Å². The highest BCUT2D eigenvalue weighted by Crippen LogP contribution is 2.25. The maximum Gasteiger partial charge on any atom is 0.287 e. The van der Waals surface area contributed by atoms with E-state index in [9.17, 15) is 4.79 Å². The highest BCUT2D eigenvalue weighted by molar-refractivity contribution is 6.30. The Kier molecular flexibility index (Phi) is 3.87. The van der Waals surface area contributed by atoms with Crippen LogP contribution in [0.4, 0.5) is 0 Å². The van der Waals surface area contributed by atoms with E-state index >= 15 is 0 Å². The minimum absolute atomic E-state index is 0.124. The largest absolute Gasteiger partial charge is 0.451 e. The van der Waals surface area contributed by atoms with E-state index in [0.29, 0.717) is 16.5 Å². The molecule has 0 unspecified atom stereocenters. The first kappa shape index (κ1) is 15.0. The zero-order chi connectivity index (χ0) is 16.5. The van der Waals surface area contributed by atoms with E-state index < -0.39 is 0 Å². The lowest BCUT2D eigenvalue weighted by molar-refractivity contribution is 0.0911. The fourth-order valence-corrected chi connectivity index (χ4v) is 3.27. The van der Waals surface area contributed by atoms with Crippen molar-refractivity contribution in [2.24, 2.45) is 0 Å². The summed E-state index contributed by atoms with van der Waals surface area (Å²) in [6.45, 7) is 0. The molecular weight excluding hydrogens is 322 g/mol. The summed E-state index contributed by atoms with van der Waals surface area (Å²) in [7, 11) is 0. The van der Waals surface area contributed by atoms with Crippen LogP contribution in [0.15, 0.2) is 65.1 Å². The molecule has 0 saturated carbocycles. The van der Waals surface area contributed by atoms with Crippen LogP contribution in [0.5, 0.6) is 0 Å². The van der Waals surface area contributed by atoms with Crippen molar-refractivity contribution >= 4 is 17.5 Å². The van der Waals surface area contributed by atoms with Crippen molar-refractivity contribution in [3.05, 3.63) is 82.6 Å². The Morgan fingerprint density at radius 1 is 0.958 bits per heavy atom. The van der Waals surface area contributed by atoms with Crippen molar-refractivity contribution in [3.8, 4) is 11.3 Å². The molecule has 120 valence electrons. The van der Waals surface area contributed by atoms with Crippen molar-refractivity contribution in [3.63, 3.8) is 0 Å². The third kappa shape index (κ3) is 2.95. The number of carbonyl (C=O) groups is 1. The average molecular weight is 338 g/mol. The minimum Gasteiger partial charge on any atom is -0.451 e. The van der Waals surface area contributed by atoms with E-state index in [1.54, 1.807) is 18.2 Å². The maximum atomic E-state index is 12.4. The second-order valence-corrected chi connectivity index (χ2v) is 6.45. The van der Waals surface area contributed by atoms with E-state index in [1.807, 2.05) is 30.3 Å². The van der Waals surface area contributed by atoms with Gasteiger partial charge < -0.3 is 9.73 Å². The van der Waals surface area contributed by atoms with Crippen LogP contribution in [-0.2, 0) is 12.8 Å². The molecule has 1 N–H and O–H groups in total. The van der Waals surface area contributed by atoms with Crippen LogP contribution in [0, 0.1) is 0 Å². The van der Waals surface area contributed by atoms with Crippen LogP contribution in [0.1, 0.15) is 21.7 Å². The van der Waals surface area contributed by atoms with Gasteiger partial charge >= 0.3 is 0 Å². The molecule has 4 rings (SSSR count). The summed E-state index contributed by atoms with van der Waals surface area (Å²) in [6.07, 6.45) is 1.74. The predicted molar refractivity (Wildman–Crippen MR) is 94.3 cm³/mol. The Balaban J connectivity index is 1.45. The van der Waals surface area contributed by atoms with Gasteiger partial charge in [-0.15, -0.1) is 0 Å². The lowest BCUT2D eigenvalue weighted by Crippen LogP contribution is -2.35. The van der Waals surface area contributed by atoms with Gasteiger partial charge in [0.2, 0.25) is 0 Å². The molecule has 1 aliphatic carbocycles. The lowest BCUT2D eigenvalue weighted by atomic mass is 10.1. The Morgan fingerprint density at radius 2 is 1.62 bits per heavy atom. The predicted octanol–water partition coefficient (Wildman–Crippen LogP) is 4.50. The molecule has 1 amide bonds. The van der Waals surface area contributed by atoms with Gasteiger partial charge in [0.15, 0.2) is 5.76 Å². The van der Waals surface area contributed by atoms with E-state index in [0.717, 1.165) is 18.4 Å². The molecule has 1 aliphatic rings. The van der Waals surface area contributed by atoms with Gasteiger partial charge in [-0.2, -0.15) is 0 Å². The molecule has 4 heteroatoms. The van der Waals surface area contributed by atoms with Crippen LogP contribution in [0.25, 0.3) is 11.3 Å². The normalized spacial score (nSPS) is 13.7. The smallest absolute Gasteiger partial charge is 0.287 e. The van der Waals surface area contributed by atoms with Gasteiger partial charge in [0.25, 0.3) is 5.91 Å². The molecule has 0 atom stereocenters. The quantitative estimate of drug-likeness (QED) is 0.764. The Bertz CT molecular complexity index is 858. The van der Waals surface area contributed by atoms with Crippen molar-refractivity contribution in [1.29, 1.82) is 0 Å². The molecule has 3 aromatic rings. The number of furan rings is 1. The summed E-state index contributed by atoms with van der Waals surface area (Å²) in [6, 6.07) is 19.3. The second kappa shape index (κ2) is 6.17. The average Bonchev–Trinajstić information content (AvgIpc) is 3.21. The van der Waals surface area contributed by atoms with E-state index in [1.165, 1.54) is 11.1 Å². The summed E-state index contributed by atoms with van der Waals surface area (Å²) >= 11 is 5.89. The first-order chi connectivity index (χ1) is 11.7. The molecule has 0 radical (unpaired) electrons. The molecular formula is C20H16ClNO2. The van der Waals surface area contributed by atoms with Gasteiger partial charge in [-0.3, -0.25) is 4.79 Å². The number of fused-ring (bicyclic) bond motifs is 1. The Morgan fingerprint density at radius 3 is 2.29 bits per heavy atom. The molecule has 1 heterocycles. The molecule has 0 fully saturated rings. The summed E-state index contributed by atoms with van der Waals surface area (Å²) in [5.41, 5.74) is 3.51. The van der Waals surface area contributed by atoms with Gasteiger partial charge in [-0.05, 0) is 60.4 Å². The SMILES string of the molecule is O=C(NC1Cc2ccccc2C1)c1ccc(-c2ccc(Cl)cc2)o1. The number of rotatable bonds is 3. The minimum atomic E-state index is -0.173. The van der Waals surface area contributed by atoms with E-state index in [4.69, 9.17) is 16.0 Å². The third-order valence-corrected chi connectivity index (χ3v) is 4.60. The monoisotopic (exact) mass is 337 g/mol. The highest BCUT2D eigenvalue weighted by atomic mass is 35.5. The summed E-state index contributed by atoms with van der Waals surface area (Å²) in [5.74, 6) is 0.815. The number of carbonyl (C=O) groups excluding carboxylic acids is 1. The number of halogens is 1. The zero-order valence-electron chi connectivity index (χ0n) is 13.0. The van der Waals surface area contributed by atoms with Gasteiger partial charge in [-0.25, -0.2) is 0 Å². The number of hydrogen-bond donors (Lipinski definition) is 1. The highest BCUT2D eigenvalue weighted by Gasteiger charge is 2.24. The summed E-state index contributed by atoms with van der Waals surface area (Å²) < 4.78 is 5.70. The van der Waals surface area contributed by atoms with Crippen LogP contribution in [0.2, 0.25) is 5.02 Å². The first-order valence-electron chi connectivity index (χ1n) is 7.92. The number of hydrogen-bond acceptors (Lipinski definition) is 2. The molecule has 0 bridgehead atoms. The molecule has 1 aromatic heterocycles. The van der Waals surface area contributed by atoms with Crippen molar-refractivity contribution in [2.45, 2.75) is 18.9 Å². The molecule has 3 nitrogen and oxygen atoms in total. The van der Waals surface area contributed by atoms with Crippen LogP contribution >= 0.6 is 11.6 Å². The molecule has 2 aromatic carbocycles. The molecule has 0 spiro atoms. The number of benzene rings is 2. The standard InChI is InChI=1S/C20H16ClNO2/c21-16-7-5-13(6-8-16)18-9-10-19(24-18)20(23)22-17-11-14-3-1-2-4-15(14)12-17/h1-10,17H,11-12H2,(H,22,23). The summed E-state index contributed by atoms with van der Waals surface area (Å²) in [5, 5.41) is 3.73. The fourth-order valence-electron chi connectivity index (χ4n) is 3.15. The molecule has 24 heavy (non-hydrogen) atoms. The van der Waals surface area contributed by atoms with Gasteiger partial charge in [-0.1, -0.05) is 35.9 Å². The molecule has 0 aliphatic heterocycles. The molecule has 0 saturated heterocycles. The van der Waals surface area contributed by atoms with E-state index in [2.05, 4.69) is 17.4 Å². The van der Waals surface area contributed by atoms with Gasteiger partial charge in [0, 0.05) is 16.6 Å². The first-order valence-corrected chi connectivity index (χ1v) is 8.30. The van der Waals surface area contributed by atoms with Crippen LogP contribution in [0.3, 0.4) is 0 Å². The third-order valence-electron chi connectivity index (χ3n) is 4.34. The Labute approximate surface area is 145 Å². The van der Waals surface area contributed by atoms with Crippen LogP contribution in [-0.4, -0.2) is 11.9 Å². The van der Waals surface area contributed by atoms with Gasteiger partial charge in [0.1, 0.15) is 5.76 Å². The lowest BCUT2D eigenvalue weighted by Gasteiger charge is -2.10. The maximum absolute atomic E-state index is 12.4. The van der Waals surface area contributed by atoms with Crippen molar-refractivity contribution in [2.75, 3.05) is 0 Å². The van der Waals surface area contributed by atoms with Crippen molar-refractivity contribution in [1.82, 2.24) is 5.32 Å². The zero-order valence-corrected chi connectivity index (χ0v) is 13.7. The Hall–Kier alpha value is -2.52. The fraction of sp³-hybridized carbons (Fsp3) is 0.150.